The van der Waals surface area contributed by atoms with Gasteiger partial charge < -0.3 is 15.0 Å². The van der Waals surface area contributed by atoms with Gasteiger partial charge in [-0.3, -0.25) is 0 Å². The van der Waals surface area contributed by atoms with Gasteiger partial charge in [-0.2, -0.15) is 0 Å². The monoisotopic (exact) mass is 280 g/mol. The number of hydrogen-bond donors (Lipinski definition) is 1. The molecule has 3 rings (SSSR count). The first-order valence-electron chi connectivity index (χ1n) is 8.76. The van der Waals surface area contributed by atoms with Crippen molar-refractivity contribution in [1.82, 2.24) is 10.2 Å². The maximum absolute atomic E-state index is 5.58. The van der Waals surface area contributed by atoms with Crippen LogP contribution in [0, 0.1) is 23.7 Å². The Morgan fingerprint density at radius 1 is 1.25 bits per heavy atom. The highest BCUT2D eigenvalue weighted by Gasteiger charge is 2.39. The van der Waals surface area contributed by atoms with E-state index in [2.05, 4.69) is 24.2 Å². The number of hydrogen-bond acceptors (Lipinski definition) is 3. The van der Waals surface area contributed by atoms with E-state index in [-0.39, 0.29) is 0 Å². The Kier molecular flexibility index (Phi) is 5.00. The van der Waals surface area contributed by atoms with Crippen LogP contribution in [0.2, 0.25) is 0 Å². The highest BCUT2D eigenvalue weighted by molar-refractivity contribution is 4.91. The molecule has 3 fully saturated rings. The standard InChI is InChI=1S/C17H32N2O/c1-3-18-17(15-6-7-20-12-15)11-19(2)10-16-9-13-4-5-14(16)8-13/h13-18H,3-12H2,1-2H3. The van der Waals surface area contributed by atoms with Crippen molar-refractivity contribution in [3.05, 3.63) is 0 Å². The van der Waals surface area contributed by atoms with Gasteiger partial charge in [-0.05, 0) is 57.0 Å². The summed E-state index contributed by atoms with van der Waals surface area (Å²) in [6.45, 7) is 7.72. The molecule has 2 saturated carbocycles. The lowest BCUT2D eigenvalue weighted by Crippen LogP contribution is -2.46. The summed E-state index contributed by atoms with van der Waals surface area (Å²) in [6, 6.07) is 0.617. The number of rotatable bonds is 7. The van der Waals surface area contributed by atoms with E-state index in [1.165, 1.54) is 45.2 Å². The second kappa shape index (κ2) is 6.76. The third-order valence-electron chi connectivity index (χ3n) is 5.94. The molecule has 0 aromatic carbocycles. The first-order valence-corrected chi connectivity index (χ1v) is 8.76. The van der Waals surface area contributed by atoms with Crippen molar-refractivity contribution in [1.29, 1.82) is 0 Å². The van der Waals surface area contributed by atoms with E-state index in [1.54, 1.807) is 0 Å². The van der Waals surface area contributed by atoms with Crippen molar-refractivity contribution < 1.29 is 4.74 Å². The predicted octanol–water partition coefficient (Wildman–Crippen LogP) is 2.37. The molecule has 0 aromatic heterocycles. The normalized spacial score (nSPS) is 38.0. The summed E-state index contributed by atoms with van der Waals surface area (Å²) < 4.78 is 5.58. The van der Waals surface area contributed by atoms with E-state index in [0.29, 0.717) is 6.04 Å². The summed E-state index contributed by atoms with van der Waals surface area (Å²) in [7, 11) is 2.33. The Morgan fingerprint density at radius 2 is 2.15 bits per heavy atom. The molecular weight excluding hydrogens is 248 g/mol. The minimum Gasteiger partial charge on any atom is -0.381 e. The minimum atomic E-state index is 0.617. The van der Waals surface area contributed by atoms with Gasteiger partial charge >= 0.3 is 0 Å². The van der Waals surface area contributed by atoms with E-state index in [9.17, 15) is 0 Å². The molecule has 3 aliphatic rings. The Labute approximate surface area is 124 Å². The van der Waals surface area contributed by atoms with Crippen molar-refractivity contribution in [3.8, 4) is 0 Å². The van der Waals surface area contributed by atoms with Crippen molar-refractivity contribution in [3.63, 3.8) is 0 Å². The topological polar surface area (TPSA) is 24.5 Å². The van der Waals surface area contributed by atoms with Crippen molar-refractivity contribution >= 4 is 0 Å². The second-order valence-electron chi connectivity index (χ2n) is 7.44. The molecule has 0 spiro atoms. The van der Waals surface area contributed by atoms with Gasteiger partial charge in [-0.15, -0.1) is 0 Å². The summed E-state index contributed by atoms with van der Waals surface area (Å²) in [5, 5.41) is 3.69. The Morgan fingerprint density at radius 3 is 2.75 bits per heavy atom. The van der Waals surface area contributed by atoms with Gasteiger partial charge in [-0.25, -0.2) is 0 Å². The van der Waals surface area contributed by atoms with Crippen LogP contribution >= 0.6 is 0 Å². The first kappa shape index (κ1) is 14.8. The molecule has 0 amide bonds. The van der Waals surface area contributed by atoms with Crippen molar-refractivity contribution in [2.75, 3.05) is 39.9 Å². The largest absolute Gasteiger partial charge is 0.381 e. The third-order valence-corrected chi connectivity index (χ3v) is 5.94. The number of likely N-dealkylation sites (N-methyl/N-ethyl adjacent to an activating group) is 2. The minimum absolute atomic E-state index is 0.617. The highest BCUT2D eigenvalue weighted by Crippen LogP contribution is 2.48. The maximum Gasteiger partial charge on any atom is 0.0510 e. The SMILES string of the molecule is CCNC(CN(C)CC1CC2CCC1C2)C1CCOC1. The molecule has 0 radical (unpaired) electrons. The van der Waals surface area contributed by atoms with Crippen LogP contribution < -0.4 is 5.32 Å². The van der Waals surface area contributed by atoms with Crippen LogP contribution in [0.15, 0.2) is 0 Å². The zero-order chi connectivity index (χ0) is 13.9. The van der Waals surface area contributed by atoms with Gasteiger partial charge in [0.05, 0.1) is 6.61 Å². The van der Waals surface area contributed by atoms with Gasteiger partial charge in [0.2, 0.25) is 0 Å². The molecule has 3 nitrogen and oxygen atoms in total. The predicted molar refractivity (Wildman–Crippen MR) is 82.8 cm³/mol. The van der Waals surface area contributed by atoms with Crippen molar-refractivity contribution in [2.45, 2.75) is 45.1 Å². The fraction of sp³-hybridized carbons (Fsp3) is 1.00. The van der Waals surface area contributed by atoms with E-state index >= 15 is 0 Å². The molecule has 3 heteroatoms. The van der Waals surface area contributed by atoms with Crippen LogP contribution in [0.3, 0.4) is 0 Å². The maximum atomic E-state index is 5.58. The van der Waals surface area contributed by atoms with Crippen LogP contribution in [0.5, 0.6) is 0 Å². The van der Waals surface area contributed by atoms with E-state index < -0.39 is 0 Å². The van der Waals surface area contributed by atoms with Gasteiger partial charge in [-0.1, -0.05) is 13.3 Å². The van der Waals surface area contributed by atoms with Gasteiger partial charge in [0.1, 0.15) is 0 Å². The van der Waals surface area contributed by atoms with Gasteiger partial charge in [0.15, 0.2) is 0 Å². The van der Waals surface area contributed by atoms with E-state index in [0.717, 1.165) is 43.4 Å². The quantitative estimate of drug-likeness (QED) is 0.775. The van der Waals surface area contributed by atoms with Crippen LogP contribution in [0.4, 0.5) is 0 Å². The molecule has 1 heterocycles. The van der Waals surface area contributed by atoms with Crippen LogP contribution in [0.1, 0.15) is 39.0 Å². The molecular formula is C17H32N2O. The lowest BCUT2D eigenvalue weighted by Gasteiger charge is -2.32. The molecule has 2 bridgehead atoms. The summed E-state index contributed by atoms with van der Waals surface area (Å²) in [6.07, 6.45) is 7.30. The summed E-state index contributed by atoms with van der Waals surface area (Å²) in [5.74, 6) is 3.83. The smallest absolute Gasteiger partial charge is 0.0510 e. The molecule has 1 N–H and O–H groups in total. The van der Waals surface area contributed by atoms with E-state index in [4.69, 9.17) is 4.74 Å². The van der Waals surface area contributed by atoms with Crippen LogP contribution in [-0.4, -0.2) is 50.8 Å². The molecule has 116 valence electrons. The molecule has 0 aromatic rings. The number of nitrogens with one attached hydrogen (secondary N) is 1. The third kappa shape index (κ3) is 3.37. The average molecular weight is 280 g/mol. The molecule has 2 aliphatic carbocycles. The van der Waals surface area contributed by atoms with Gasteiger partial charge in [0, 0.05) is 31.7 Å². The Bertz CT molecular complexity index is 303. The summed E-state index contributed by atoms with van der Waals surface area (Å²) in [4.78, 5) is 2.59. The Hall–Kier alpha value is -0.120. The number of nitrogens with zero attached hydrogens (tertiary/aromatic N) is 1. The van der Waals surface area contributed by atoms with Crippen LogP contribution in [0.25, 0.3) is 0 Å². The zero-order valence-corrected chi connectivity index (χ0v) is 13.3. The summed E-state index contributed by atoms with van der Waals surface area (Å²) in [5.41, 5.74) is 0. The first-order chi connectivity index (χ1) is 9.76. The highest BCUT2D eigenvalue weighted by atomic mass is 16.5. The van der Waals surface area contributed by atoms with Crippen molar-refractivity contribution in [2.24, 2.45) is 23.7 Å². The average Bonchev–Trinajstić information content (AvgIpc) is 3.15. The van der Waals surface area contributed by atoms with Crippen LogP contribution in [-0.2, 0) is 4.74 Å². The second-order valence-corrected chi connectivity index (χ2v) is 7.44. The summed E-state index contributed by atoms with van der Waals surface area (Å²) >= 11 is 0. The Balaban J connectivity index is 1.47. The fourth-order valence-electron chi connectivity index (χ4n) is 4.92. The molecule has 1 aliphatic heterocycles. The lowest BCUT2D eigenvalue weighted by molar-refractivity contribution is 0.156. The molecule has 1 saturated heterocycles. The lowest BCUT2D eigenvalue weighted by atomic mass is 9.88. The molecule has 5 atom stereocenters. The number of ether oxygens (including phenoxy) is 1. The fourth-order valence-corrected chi connectivity index (χ4v) is 4.92. The van der Waals surface area contributed by atoms with Gasteiger partial charge in [0.25, 0.3) is 0 Å². The molecule has 5 unspecified atom stereocenters. The molecule has 20 heavy (non-hydrogen) atoms. The number of fused-ring (bicyclic) bond motifs is 2. The van der Waals surface area contributed by atoms with E-state index in [1.807, 2.05) is 0 Å². The zero-order valence-electron chi connectivity index (χ0n) is 13.3.